The average Bonchev–Trinajstić information content (AvgIpc) is 2.78. The van der Waals surface area contributed by atoms with Gasteiger partial charge in [-0.15, -0.1) is 0 Å². The van der Waals surface area contributed by atoms with Crippen molar-refractivity contribution in [3.05, 3.63) is 76.0 Å². The number of amides is 2. The largest absolute Gasteiger partial charge is 0.290 e. The van der Waals surface area contributed by atoms with E-state index in [0.717, 1.165) is 19.3 Å². The number of fused-ring (bicyclic) bond motifs is 1. The van der Waals surface area contributed by atoms with Gasteiger partial charge in [0.05, 0.1) is 5.39 Å². The maximum absolute atomic E-state index is 13.7. The number of carbonyl (C=O) groups excluding carboxylic acids is 2. The minimum absolute atomic E-state index is 0.00586. The predicted molar refractivity (Wildman–Crippen MR) is 116 cm³/mol. The zero-order valence-corrected chi connectivity index (χ0v) is 17.4. The summed E-state index contributed by atoms with van der Waals surface area (Å²) in [5, 5.41) is 5.05. The van der Waals surface area contributed by atoms with Gasteiger partial charge in [0.2, 0.25) is 5.91 Å². The number of nitrogens with one attached hydrogen (secondary N) is 2. The van der Waals surface area contributed by atoms with E-state index < -0.39 is 11.8 Å². The van der Waals surface area contributed by atoms with Crippen molar-refractivity contribution in [1.29, 1.82) is 0 Å². The number of benzene rings is 2. The van der Waals surface area contributed by atoms with E-state index in [1.54, 1.807) is 42.5 Å². The van der Waals surface area contributed by atoms with Crippen molar-refractivity contribution in [2.24, 2.45) is 0 Å². The van der Waals surface area contributed by atoms with E-state index in [9.17, 15) is 18.8 Å². The summed E-state index contributed by atoms with van der Waals surface area (Å²) in [5.41, 5.74) is 4.91. The van der Waals surface area contributed by atoms with Crippen molar-refractivity contribution in [1.82, 2.24) is 20.6 Å². The van der Waals surface area contributed by atoms with Gasteiger partial charge in [0.1, 0.15) is 5.82 Å². The third-order valence-corrected chi connectivity index (χ3v) is 4.95. The first-order valence-electron chi connectivity index (χ1n) is 10.3. The molecule has 7 nitrogen and oxygen atoms in total. The minimum atomic E-state index is -0.625. The number of aromatic nitrogens is 2. The lowest BCUT2D eigenvalue weighted by molar-refractivity contribution is -0.121. The summed E-state index contributed by atoms with van der Waals surface area (Å²) in [6, 6.07) is 13.0. The predicted octanol–water partition coefficient (Wildman–Crippen LogP) is 3.12. The minimum Gasteiger partial charge on any atom is -0.273 e. The molecule has 2 aromatic carbocycles. The maximum atomic E-state index is 13.7. The molecule has 0 atom stereocenters. The summed E-state index contributed by atoms with van der Waals surface area (Å²) in [6.45, 7) is 2.47. The first-order chi connectivity index (χ1) is 15.0. The van der Waals surface area contributed by atoms with E-state index in [1.165, 1.54) is 10.7 Å². The SMILES string of the molecule is CCCCCn1nc(C(=O)NNC(=O)CCc2ccccc2F)c2ccccc2c1=O. The number of hydrogen-bond donors (Lipinski definition) is 2. The van der Waals surface area contributed by atoms with Crippen molar-refractivity contribution in [2.45, 2.75) is 45.6 Å². The highest BCUT2D eigenvalue weighted by Gasteiger charge is 2.17. The van der Waals surface area contributed by atoms with E-state index in [2.05, 4.69) is 22.9 Å². The van der Waals surface area contributed by atoms with Crippen LogP contribution >= 0.6 is 0 Å². The molecule has 2 N–H and O–H groups in total. The van der Waals surface area contributed by atoms with Crippen LogP contribution in [0.5, 0.6) is 0 Å². The summed E-state index contributed by atoms with van der Waals surface area (Å²) in [4.78, 5) is 37.5. The van der Waals surface area contributed by atoms with E-state index in [0.29, 0.717) is 22.9 Å². The van der Waals surface area contributed by atoms with Crippen LogP contribution in [-0.4, -0.2) is 21.6 Å². The third kappa shape index (κ3) is 5.53. The van der Waals surface area contributed by atoms with Crippen molar-refractivity contribution in [3.63, 3.8) is 0 Å². The number of rotatable bonds is 8. The highest BCUT2D eigenvalue weighted by molar-refractivity contribution is 6.05. The fourth-order valence-corrected chi connectivity index (χ4v) is 3.26. The number of unbranched alkanes of at least 4 members (excludes halogenated alkanes) is 2. The number of halogens is 1. The Morgan fingerprint density at radius 2 is 1.71 bits per heavy atom. The molecule has 2 amide bonds. The summed E-state index contributed by atoms with van der Waals surface area (Å²) < 4.78 is 15.0. The van der Waals surface area contributed by atoms with Crippen molar-refractivity contribution in [3.8, 4) is 0 Å². The first kappa shape index (κ1) is 22.1. The van der Waals surface area contributed by atoms with Crippen LogP contribution in [-0.2, 0) is 17.8 Å². The van der Waals surface area contributed by atoms with Gasteiger partial charge in [-0.2, -0.15) is 5.10 Å². The van der Waals surface area contributed by atoms with Crippen LogP contribution in [0.2, 0.25) is 0 Å². The van der Waals surface area contributed by atoms with Crippen LogP contribution in [0.15, 0.2) is 53.3 Å². The monoisotopic (exact) mass is 424 g/mol. The highest BCUT2D eigenvalue weighted by atomic mass is 19.1. The topological polar surface area (TPSA) is 93.1 Å². The molecule has 1 heterocycles. The Bertz CT molecular complexity index is 1140. The second-order valence-electron chi connectivity index (χ2n) is 7.22. The van der Waals surface area contributed by atoms with Gasteiger partial charge in [0, 0.05) is 18.4 Å². The number of nitrogens with zero attached hydrogens (tertiary/aromatic N) is 2. The Morgan fingerprint density at radius 1 is 1.00 bits per heavy atom. The molecule has 0 radical (unpaired) electrons. The van der Waals surface area contributed by atoms with E-state index >= 15 is 0 Å². The fraction of sp³-hybridized carbons (Fsp3) is 0.304. The zero-order chi connectivity index (χ0) is 22.2. The molecule has 0 unspecified atom stereocenters. The molecule has 0 bridgehead atoms. The molecular formula is C23H25FN4O3. The highest BCUT2D eigenvalue weighted by Crippen LogP contribution is 2.13. The third-order valence-electron chi connectivity index (χ3n) is 4.95. The van der Waals surface area contributed by atoms with Crippen LogP contribution in [0.4, 0.5) is 4.39 Å². The molecule has 0 aliphatic heterocycles. The van der Waals surface area contributed by atoms with Gasteiger partial charge >= 0.3 is 0 Å². The standard InChI is InChI=1S/C23H25FN4O3/c1-2-3-8-15-28-23(31)18-11-6-5-10-17(18)21(27-28)22(30)26-25-20(29)14-13-16-9-4-7-12-19(16)24/h4-7,9-12H,2-3,8,13-15H2,1H3,(H,25,29)(H,26,30). The van der Waals surface area contributed by atoms with Crippen LogP contribution in [0.1, 0.15) is 48.7 Å². The normalized spacial score (nSPS) is 10.8. The zero-order valence-electron chi connectivity index (χ0n) is 17.4. The van der Waals surface area contributed by atoms with Gasteiger partial charge in [-0.25, -0.2) is 9.07 Å². The van der Waals surface area contributed by atoms with Crippen LogP contribution < -0.4 is 16.4 Å². The molecule has 3 rings (SSSR count). The molecule has 31 heavy (non-hydrogen) atoms. The second kappa shape index (κ2) is 10.5. The Balaban J connectivity index is 1.71. The Morgan fingerprint density at radius 3 is 2.45 bits per heavy atom. The van der Waals surface area contributed by atoms with Gasteiger partial charge in [-0.3, -0.25) is 25.2 Å². The summed E-state index contributed by atoms with van der Waals surface area (Å²) in [5.74, 6) is -1.46. The molecule has 3 aromatic rings. The van der Waals surface area contributed by atoms with Crippen molar-refractivity contribution >= 4 is 22.6 Å². The van der Waals surface area contributed by atoms with Gasteiger partial charge in [-0.1, -0.05) is 56.2 Å². The molecule has 0 saturated carbocycles. The molecule has 162 valence electrons. The number of hydrazine groups is 1. The molecule has 0 saturated heterocycles. The van der Waals surface area contributed by atoms with Gasteiger partial charge in [-0.05, 0) is 30.5 Å². The number of hydrogen-bond acceptors (Lipinski definition) is 4. The molecule has 0 aliphatic carbocycles. The molecule has 8 heteroatoms. The van der Waals surface area contributed by atoms with Gasteiger partial charge in [0.25, 0.3) is 11.5 Å². The maximum Gasteiger partial charge on any atom is 0.290 e. The molecule has 0 fully saturated rings. The van der Waals surface area contributed by atoms with Crippen LogP contribution in [0, 0.1) is 5.82 Å². The Hall–Kier alpha value is -3.55. The van der Waals surface area contributed by atoms with E-state index in [-0.39, 0.29) is 29.9 Å². The summed E-state index contributed by atoms with van der Waals surface area (Å²) >= 11 is 0. The quantitative estimate of drug-likeness (QED) is 0.429. The smallest absolute Gasteiger partial charge is 0.273 e. The van der Waals surface area contributed by atoms with E-state index in [4.69, 9.17) is 0 Å². The van der Waals surface area contributed by atoms with Crippen LogP contribution in [0.25, 0.3) is 10.8 Å². The van der Waals surface area contributed by atoms with Crippen molar-refractivity contribution < 1.29 is 14.0 Å². The first-order valence-corrected chi connectivity index (χ1v) is 10.3. The summed E-state index contributed by atoms with van der Waals surface area (Å²) in [7, 11) is 0. The lowest BCUT2D eigenvalue weighted by Crippen LogP contribution is -2.43. The average molecular weight is 424 g/mol. The molecule has 0 aliphatic rings. The molecule has 1 aromatic heterocycles. The van der Waals surface area contributed by atoms with Crippen molar-refractivity contribution in [2.75, 3.05) is 0 Å². The van der Waals surface area contributed by atoms with E-state index in [1.807, 2.05) is 0 Å². The van der Waals surface area contributed by atoms with Crippen LogP contribution in [0.3, 0.4) is 0 Å². The lowest BCUT2D eigenvalue weighted by Gasteiger charge is -2.12. The fourth-order valence-electron chi connectivity index (χ4n) is 3.26. The Kier molecular flexibility index (Phi) is 7.48. The lowest BCUT2D eigenvalue weighted by atomic mass is 10.1. The van der Waals surface area contributed by atoms with Gasteiger partial charge in [0.15, 0.2) is 5.69 Å². The van der Waals surface area contributed by atoms with Gasteiger partial charge < -0.3 is 0 Å². The number of aryl methyl sites for hydroxylation is 2. The second-order valence-corrected chi connectivity index (χ2v) is 7.22. The summed E-state index contributed by atoms with van der Waals surface area (Å²) in [6.07, 6.45) is 2.93. The Labute approximate surface area is 179 Å². The molecular weight excluding hydrogens is 399 g/mol. The number of carbonyl (C=O) groups is 2. The molecule has 0 spiro atoms.